The Morgan fingerprint density at radius 2 is 1.96 bits per heavy atom. The molecular formula is C23H23NO4. The van der Waals surface area contributed by atoms with Gasteiger partial charge in [0.1, 0.15) is 11.3 Å². The number of fused-ring (bicyclic) bond motifs is 1. The van der Waals surface area contributed by atoms with Crippen LogP contribution >= 0.6 is 0 Å². The highest BCUT2D eigenvalue weighted by Gasteiger charge is 2.24. The van der Waals surface area contributed by atoms with Crippen LogP contribution in [0.1, 0.15) is 40.2 Å². The van der Waals surface area contributed by atoms with Crippen molar-refractivity contribution >= 4 is 16.9 Å². The number of likely N-dealkylation sites (N-methyl/N-ethyl adjacent to an activating group) is 1. The highest BCUT2D eigenvalue weighted by Crippen LogP contribution is 2.36. The number of aromatic carboxylic acids is 1. The van der Waals surface area contributed by atoms with Crippen LogP contribution in [0.5, 0.6) is 0 Å². The van der Waals surface area contributed by atoms with Crippen LogP contribution in [0.2, 0.25) is 0 Å². The Labute approximate surface area is 163 Å². The number of piperidine rings is 1. The van der Waals surface area contributed by atoms with Gasteiger partial charge in [-0.25, -0.2) is 4.79 Å². The molecule has 1 aliphatic heterocycles. The summed E-state index contributed by atoms with van der Waals surface area (Å²) in [6.45, 7) is 3.79. The summed E-state index contributed by atoms with van der Waals surface area (Å²) >= 11 is 0. The molecule has 1 atom stereocenters. The molecule has 1 fully saturated rings. The maximum absolute atomic E-state index is 13.0. The molecule has 0 saturated carbocycles. The van der Waals surface area contributed by atoms with E-state index in [0.717, 1.165) is 37.1 Å². The number of carboxylic acids is 1. The minimum atomic E-state index is -1.11. The van der Waals surface area contributed by atoms with E-state index in [1.807, 2.05) is 18.2 Å². The average molecular weight is 377 g/mol. The van der Waals surface area contributed by atoms with Gasteiger partial charge in [0.15, 0.2) is 11.0 Å². The maximum Gasteiger partial charge on any atom is 0.339 e. The summed E-state index contributed by atoms with van der Waals surface area (Å²) in [6, 6.07) is 12.6. The molecule has 0 aliphatic carbocycles. The fourth-order valence-corrected chi connectivity index (χ4v) is 4.21. The van der Waals surface area contributed by atoms with Crippen LogP contribution in [-0.4, -0.2) is 36.1 Å². The number of rotatable bonds is 3. The molecule has 2 heterocycles. The summed E-state index contributed by atoms with van der Waals surface area (Å²) in [4.78, 5) is 26.9. The number of hydrogen-bond donors (Lipinski definition) is 1. The van der Waals surface area contributed by atoms with Gasteiger partial charge >= 0.3 is 5.97 Å². The summed E-state index contributed by atoms with van der Waals surface area (Å²) in [5.41, 5.74) is 2.48. The summed E-state index contributed by atoms with van der Waals surface area (Å²) < 4.78 is 6.12. The molecule has 0 spiro atoms. The lowest BCUT2D eigenvalue weighted by molar-refractivity contribution is 0.0698. The SMILES string of the molecule is Cc1c(-c2ccccc2C2CCCN(C)C2)oc2c(C(=O)O)cccc2c1=O. The van der Waals surface area contributed by atoms with Crippen LogP contribution in [0.15, 0.2) is 51.7 Å². The second-order valence-electron chi connectivity index (χ2n) is 7.56. The number of nitrogens with zero attached hydrogens (tertiary/aromatic N) is 1. The van der Waals surface area contributed by atoms with Gasteiger partial charge in [-0.05, 0) is 57.0 Å². The monoisotopic (exact) mass is 377 g/mol. The van der Waals surface area contributed by atoms with Gasteiger partial charge < -0.3 is 14.4 Å². The third-order valence-corrected chi connectivity index (χ3v) is 5.65. The average Bonchev–Trinajstić information content (AvgIpc) is 2.70. The molecule has 1 unspecified atom stereocenters. The van der Waals surface area contributed by atoms with Gasteiger partial charge in [-0.1, -0.05) is 30.3 Å². The molecule has 4 rings (SSSR count). The van der Waals surface area contributed by atoms with E-state index in [1.54, 1.807) is 19.1 Å². The van der Waals surface area contributed by atoms with Crippen LogP contribution in [0.25, 0.3) is 22.3 Å². The minimum Gasteiger partial charge on any atom is -0.478 e. The van der Waals surface area contributed by atoms with Crippen molar-refractivity contribution in [3.63, 3.8) is 0 Å². The molecule has 5 nitrogen and oxygen atoms in total. The first-order chi connectivity index (χ1) is 13.5. The number of likely N-dealkylation sites (tertiary alicyclic amines) is 1. The number of carbonyl (C=O) groups is 1. The lowest BCUT2D eigenvalue weighted by Crippen LogP contribution is -2.31. The Kier molecular flexibility index (Phi) is 4.77. The fraction of sp³-hybridized carbons (Fsp3) is 0.304. The standard InChI is InChI=1S/C23H23NO4/c1-14-20(25)18-10-5-11-19(23(26)27)22(18)28-21(14)17-9-4-3-8-16(17)15-7-6-12-24(2)13-15/h3-5,8-11,15H,6-7,12-13H2,1-2H3,(H,26,27). The van der Waals surface area contributed by atoms with Gasteiger partial charge in [0, 0.05) is 17.7 Å². The Morgan fingerprint density at radius 1 is 1.18 bits per heavy atom. The Morgan fingerprint density at radius 3 is 2.71 bits per heavy atom. The highest BCUT2D eigenvalue weighted by atomic mass is 16.4. The fourth-order valence-electron chi connectivity index (χ4n) is 4.21. The molecular weight excluding hydrogens is 354 g/mol. The number of hydrogen-bond acceptors (Lipinski definition) is 4. The van der Waals surface area contributed by atoms with E-state index < -0.39 is 5.97 Å². The Bertz CT molecular complexity index is 1120. The van der Waals surface area contributed by atoms with Crippen molar-refractivity contribution in [3.05, 3.63) is 69.4 Å². The normalized spacial score (nSPS) is 17.7. The van der Waals surface area contributed by atoms with Gasteiger partial charge in [0.25, 0.3) is 0 Å². The second-order valence-corrected chi connectivity index (χ2v) is 7.56. The van der Waals surface area contributed by atoms with Gasteiger partial charge in [0.05, 0.1) is 5.39 Å². The predicted octanol–water partition coefficient (Wildman–Crippen LogP) is 4.28. The van der Waals surface area contributed by atoms with Crippen LogP contribution in [0.3, 0.4) is 0 Å². The minimum absolute atomic E-state index is 0.00531. The Hall–Kier alpha value is -2.92. The molecule has 1 aliphatic rings. The molecule has 3 aromatic rings. The van der Waals surface area contributed by atoms with Crippen molar-refractivity contribution in [2.24, 2.45) is 0 Å². The second kappa shape index (κ2) is 7.24. The smallest absolute Gasteiger partial charge is 0.339 e. The van der Waals surface area contributed by atoms with E-state index >= 15 is 0 Å². The molecule has 0 amide bonds. The third kappa shape index (κ3) is 3.12. The van der Waals surface area contributed by atoms with E-state index in [-0.39, 0.29) is 16.6 Å². The molecule has 144 valence electrons. The molecule has 1 N–H and O–H groups in total. The molecule has 2 aromatic carbocycles. The quantitative estimate of drug-likeness (QED) is 0.738. The zero-order chi connectivity index (χ0) is 19.8. The summed E-state index contributed by atoms with van der Waals surface area (Å²) in [7, 11) is 2.12. The Balaban J connectivity index is 1.96. The van der Waals surface area contributed by atoms with Crippen molar-refractivity contribution in [2.75, 3.05) is 20.1 Å². The van der Waals surface area contributed by atoms with Gasteiger partial charge in [-0.15, -0.1) is 0 Å². The summed E-state index contributed by atoms with van der Waals surface area (Å²) in [6.07, 6.45) is 2.21. The van der Waals surface area contributed by atoms with E-state index in [1.165, 1.54) is 6.07 Å². The van der Waals surface area contributed by atoms with E-state index in [4.69, 9.17) is 4.42 Å². The lowest BCUT2D eigenvalue weighted by atomic mass is 9.86. The topological polar surface area (TPSA) is 70.8 Å². The first-order valence-electron chi connectivity index (χ1n) is 9.55. The van der Waals surface area contributed by atoms with Gasteiger partial charge in [-0.2, -0.15) is 0 Å². The molecule has 0 bridgehead atoms. The van der Waals surface area contributed by atoms with E-state index in [2.05, 4.69) is 18.0 Å². The predicted molar refractivity (Wildman–Crippen MR) is 109 cm³/mol. The number of carboxylic acid groups (broad SMARTS) is 1. The van der Waals surface area contributed by atoms with Crippen molar-refractivity contribution in [3.8, 4) is 11.3 Å². The van der Waals surface area contributed by atoms with Crippen molar-refractivity contribution in [2.45, 2.75) is 25.7 Å². The van der Waals surface area contributed by atoms with Gasteiger partial charge in [-0.3, -0.25) is 4.79 Å². The van der Waals surface area contributed by atoms with E-state index in [0.29, 0.717) is 22.6 Å². The molecule has 5 heteroatoms. The van der Waals surface area contributed by atoms with Crippen molar-refractivity contribution in [1.29, 1.82) is 0 Å². The summed E-state index contributed by atoms with van der Waals surface area (Å²) in [5, 5.41) is 9.83. The zero-order valence-corrected chi connectivity index (χ0v) is 16.1. The summed E-state index contributed by atoms with van der Waals surface area (Å²) in [5.74, 6) is -0.286. The van der Waals surface area contributed by atoms with Crippen LogP contribution in [0.4, 0.5) is 0 Å². The lowest BCUT2D eigenvalue weighted by Gasteiger charge is -2.31. The zero-order valence-electron chi connectivity index (χ0n) is 16.1. The van der Waals surface area contributed by atoms with Crippen LogP contribution < -0.4 is 5.43 Å². The molecule has 1 saturated heterocycles. The maximum atomic E-state index is 13.0. The van der Waals surface area contributed by atoms with Gasteiger partial charge in [0.2, 0.25) is 0 Å². The number of benzene rings is 2. The van der Waals surface area contributed by atoms with Crippen molar-refractivity contribution in [1.82, 2.24) is 4.90 Å². The number of para-hydroxylation sites is 1. The molecule has 28 heavy (non-hydrogen) atoms. The molecule has 0 radical (unpaired) electrons. The van der Waals surface area contributed by atoms with Crippen molar-refractivity contribution < 1.29 is 14.3 Å². The van der Waals surface area contributed by atoms with Crippen LogP contribution in [0, 0.1) is 6.92 Å². The van der Waals surface area contributed by atoms with E-state index in [9.17, 15) is 14.7 Å². The molecule has 1 aromatic heterocycles. The third-order valence-electron chi connectivity index (χ3n) is 5.65. The first-order valence-corrected chi connectivity index (χ1v) is 9.55. The first kappa shape index (κ1) is 18.4. The largest absolute Gasteiger partial charge is 0.478 e. The van der Waals surface area contributed by atoms with Crippen LogP contribution in [-0.2, 0) is 0 Å². The highest BCUT2D eigenvalue weighted by molar-refractivity contribution is 6.01.